The van der Waals surface area contributed by atoms with Gasteiger partial charge in [-0.15, -0.1) is 11.3 Å². The van der Waals surface area contributed by atoms with Gasteiger partial charge in [-0.2, -0.15) is 11.3 Å². The highest BCUT2D eigenvalue weighted by Gasteiger charge is 2.32. The summed E-state index contributed by atoms with van der Waals surface area (Å²) < 4.78 is 0. The number of hydrogen-bond acceptors (Lipinski definition) is 5. The number of piperidine rings is 1. The van der Waals surface area contributed by atoms with Crippen molar-refractivity contribution in [1.82, 2.24) is 9.88 Å². The molecule has 2 N–H and O–H groups in total. The SMILES string of the molecule is C[C@@H]1CCCN(C(=O)c2cnc(-c3ccsc3)s2)[C@@H]1CN. The van der Waals surface area contributed by atoms with Gasteiger partial charge in [-0.1, -0.05) is 6.92 Å². The van der Waals surface area contributed by atoms with Gasteiger partial charge in [0.1, 0.15) is 9.88 Å². The molecule has 1 fully saturated rings. The van der Waals surface area contributed by atoms with Gasteiger partial charge in [-0.05, 0) is 30.2 Å². The van der Waals surface area contributed by atoms with E-state index in [1.807, 2.05) is 16.3 Å². The van der Waals surface area contributed by atoms with Crippen LogP contribution in [0.5, 0.6) is 0 Å². The van der Waals surface area contributed by atoms with E-state index in [2.05, 4.69) is 17.3 Å². The lowest BCUT2D eigenvalue weighted by Gasteiger charge is -2.39. The molecule has 3 heterocycles. The van der Waals surface area contributed by atoms with Gasteiger partial charge in [0.2, 0.25) is 0 Å². The molecule has 0 radical (unpaired) electrons. The number of likely N-dealkylation sites (tertiary alicyclic amines) is 1. The molecule has 1 amide bonds. The summed E-state index contributed by atoms with van der Waals surface area (Å²) in [4.78, 5) is 19.8. The van der Waals surface area contributed by atoms with Gasteiger partial charge < -0.3 is 10.6 Å². The van der Waals surface area contributed by atoms with Crippen molar-refractivity contribution in [3.8, 4) is 10.6 Å². The Kier molecular flexibility index (Phi) is 4.37. The minimum absolute atomic E-state index is 0.0796. The first-order chi connectivity index (χ1) is 10.2. The highest BCUT2D eigenvalue weighted by Crippen LogP contribution is 2.30. The van der Waals surface area contributed by atoms with Crippen LogP contribution in [0.1, 0.15) is 29.4 Å². The Morgan fingerprint density at radius 2 is 2.43 bits per heavy atom. The second-order valence-corrected chi connectivity index (χ2v) is 7.27. The number of thiazole rings is 1. The number of rotatable bonds is 3. The third-order valence-electron chi connectivity index (χ3n) is 4.10. The predicted octanol–water partition coefficient (Wildman–Crippen LogP) is 3.07. The van der Waals surface area contributed by atoms with E-state index in [1.165, 1.54) is 11.3 Å². The van der Waals surface area contributed by atoms with Crippen LogP contribution in [-0.4, -0.2) is 34.9 Å². The molecule has 3 rings (SSSR count). The Balaban J connectivity index is 1.81. The lowest BCUT2D eigenvalue weighted by molar-refractivity contribution is 0.0537. The largest absolute Gasteiger partial charge is 0.333 e. The standard InChI is InChI=1S/C15H19N3OS2/c1-10-3-2-5-18(12(10)7-16)15(19)13-8-17-14(21-13)11-4-6-20-9-11/h4,6,8-10,12H,2-3,5,7,16H2,1H3/t10-,12-/m1/s1. The minimum Gasteiger partial charge on any atom is -0.333 e. The number of nitrogens with two attached hydrogens (primary N) is 1. The van der Waals surface area contributed by atoms with E-state index in [4.69, 9.17) is 5.73 Å². The summed E-state index contributed by atoms with van der Waals surface area (Å²) in [5, 5.41) is 4.99. The van der Waals surface area contributed by atoms with Crippen LogP contribution in [0, 0.1) is 5.92 Å². The van der Waals surface area contributed by atoms with Crippen LogP contribution in [0.3, 0.4) is 0 Å². The van der Waals surface area contributed by atoms with Gasteiger partial charge in [0.05, 0.1) is 6.20 Å². The van der Waals surface area contributed by atoms with E-state index in [0.717, 1.165) is 30.0 Å². The Hall–Kier alpha value is -1.24. The molecule has 1 saturated heterocycles. The zero-order valence-electron chi connectivity index (χ0n) is 12.0. The average Bonchev–Trinajstić information content (AvgIpc) is 3.16. The molecule has 0 aromatic carbocycles. The summed E-state index contributed by atoms with van der Waals surface area (Å²) in [6.07, 6.45) is 3.90. The second-order valence-electron chi connectivity index (χ2n) is 5.46. The van der Waals surface area contributed by atoms with Crippen molar-refractivity contribution in [2.75, 3.05) is 13.1 Å². The maximum Gasteiger partial charge on any atom is 0.265 e. The maximum atomic E-state index is 12.7. The van der Waals surface area contributed by atoms with Gasteiger partial charge in [0, 0.05) is 30.1 Å². The molecule has 2 atom stereocenters. The highest BCUT2D eigenvalue weighted by atomic mass is 32.1. The van der Waals surface area contributed by atoms with Crippen LogP contribution in [0.25, 0.3) is 10.6 Å². The number of thiophene rings is 1. The molecule has 1 aliphatic heterocycles. The molecule has 0 saturated carbocycles. The normalized spacial score (nSPS) is 22.5. The highest BCUT2D eigenvalue weighted by molar-refractivity contribution is 7.17. The smallest absolute Gasteiger partial charge is 0.265 e. The first-order valence-corrected chi connectivity index (χ1v) is 8.96. The van der Waals surface area contributed by atoms with Crippen molar-refractivity contribution in [3.63, 3.8) is 0 Å². The molecule has 6 heteroatoms. The molecule has 0 bridgehead atoms. The molecular formula is C15H19N3OS2. The summed E-state index contributed by atoms with van der Waals surface area (Å²) in [7, 11) is 0. The first kappa shape index (κ1) is 14.7. The molecule has 21 heavy (non-hydrogen) atoms. The van der Waals surface area contributed by atoms with Crippen LogP contribution < -0.4 is 5.73 Å². The summed E-state index contributed by atoms with van der Waals surface area (Å²) >= 11 is 3.11. The topological polar surface area (TPSA) is 59.2 Å². The minimum atomic E-state index is 0.0796. The summed E-state index contributed by atoms with van der Waals surface area (Å²) in [5.41, 5.74) is 6.97. The molecule has 0 aliphatic carbocycles. The molecule has 2 aromatic heterocycles. The van der Waals surface area contributed by atoms with E-state index in [1.54, 1.807) is 17.5 Å². The summed E-state index contributed by atoms with van der Waals surface area (Å²) in [5.74, 6) is 0.549. The number of carbonyl (C=O) groups is 1. The average molecular weight is 321 g/mol. The van der Waals surface area contributed by atoms with Crippen molar-refractivity contribution in [1.29, 1.82) is 0 Å². The third-order valence-corrected chi connectivity index (χ3v) is 5.82. The number of hydrogen-bond donors (Lipinski definition) is 1. The number of aromatic nitrogens is 1. The quantitative estimate of drug-likeness (QED) is 0.945. The zero-order chi connectivity index (χ0) is 14.8. The van der Waals surface area contributed by atoms with Crippen molar-refractivity contribution in [2.45, 2.75) is 25.8 Å². The van der Waals surface area contributed by atoms with Crippen LogP contribution in [0.15, 0.2) is 23.0 Å². The molecule has 2 aromatic rings. The fourth-order valence-electron chi connectivity index (χ4n) is 2.89. The van der Waals surface area contributed by atoms with E-state index < -0.39 is 0 Å². The van der Waals surface area contributed by atoms with E-state index in [0.29, 0.717) is 17.3 Å². The monoisotopic (exact) mass is 321 g/mol. The van der Waals surface area contributed by atoms with Crippen molar-refractivity contribution >= 4 is 28.6 Å². The van der Waals surface area contributed by atoms with Gasteiger partial charge in [0.25, 0.3) is 5.91 Å². The predicted molar refractivity (Wildman–Crippen MR) is 87.7 cm³/mol. The summed E-state index contributed by atoms with van der Waals surface area (Å²) in [6, 6.07) is 2.18. The fraction of sp³-hybridized carbons (Fsp3) is 0.467. The summed E-state index contributed by atoms with van der Waals surface area (Å²) in [6.45, 7) is 3.51. The first-order valence-electron chi connectivity index (χ1n) is 7.20. The fourth-order valence-corrected chi connectivity index (χ4v) is 4.48. The van der Waals surface area contributed by atoms with Crippen LogP contribution in [0.2, 0.25) is 0 Å². The van der Waals surface area contributed by atoms with Gasteiger partial charge in [-0.3, -0.25) is 4.79 Å². The van der Waals surface area contributed by atoms with Gasteiger partial charge in [-0.25, -0.2) is 4.98 Å². The van der Waals surface area contributed by atoms with Gasteiger partial charge in [0.15, 0.2) is 0 Å². The second kappa shape index (κ2) is 6.25. The lowest BCUT2D eigenvalue weighted by Crippen LogP contribution is -2.51. The Bertz CT molecular complexity index is 608. The Morgan fingerprint density at radius 3 is 3.14 bits per heavy atom. The Morgan fingerprint density at radius 1 is 1.57 bits per heavy atom. The van der Waals surface area contributed by atoms with Crippen molar-refractivity contribution in [3.05, 3.63) is 27.9 Å². The van der Waals surface area contributed by atoms with Crippen molar-refractivity contribution in [2.24, 2.45) is 11.7 Å². The van der Waals surface area contributed by atoms with Gasteiger partial charge >= 0.3 is 0 Å². The molecule has 1 aliphatic rings. The molecule has 0 spiro atoms. The number of carbonyl (C=O) groups excluding carboxylic acids is 1. The number of amides is 1. The van der Waals surface area contributed by atoms with Crippen molar-refractivity contribution < 1.29 is 4.79 Å². The van der Waals surface area contributed by atoms with E-state index >= 15 is 0 Å². The molecule has 112 valence electrons. The lowest BCUT2D eigenvalue weighted by atomic mass is 9.90. The van der Waals surface area contributed by atoms with Crippen LogP contribution in [-0.2, 0) is 0 Å². The van der Waals surface area contributed by atoms with E-state index in [9.17, 15) is 4.79 Å². The third kappa shape index (κ3) is 2.88. The zero-order valence-corrected chi connectivity index (χ0v) is 13.6. The van der Waals surface area contributed by atoms with Crippen LogP contribution in [0.4, 0.5) is 0 Å². The molecular weight excluding hydrogens is 302 g/mol. The number of nitrogens with zero attached hydrogens (tertiary/aromatic N) is 2. The maximum absolute atomic E-state index is 12.7. The Labute approximate surface area is 132 Å². The molecule has 4 nitrogen and oxygen atoms in total. The van der Waals surface area contributed by atoms with Crippen LogP contribution >= 0.6 is 22.7 Å². The molecule has 0 unspecified atom stereocenters. The van der Waals surface area contributed by atoms with E-state index in [-0.39, 0.29) is 11.9 Å².